The van der Waals surface area contributed by atoms with Gasteiger partial charge in [0, 0.05) is 7.11 Å². The maximum absolute atomic E-state index is 14.6. The maximum atomic E-state index is 14.6. The third kappa shape index (κ3) is 6.67. The molecule has 4 rings (SSSR count). The summed E-state index contributed by atoms with van der Waals surface area (Å²) in [5.74, 6) is -0.494. The van der Waals surface area contributed by atoms with E-state index in [0.717, 1.165) is 0 Å². The van der Waals surface area contributed by atoms with Gasteiger partial charge in [0.1, 0.15) is 60.8 Å². The highest BCUT2D eigenvalue weighted by molar-refractivity contribution is 7.52. The summed E-state index contributed by atoms with van der Waals surface area (Å²) in [6, 6.07) is 9.87. The van der Waals surface area contributed by atoms with Gasteiger partial charge in [0.2, 0.25) is 0 Å². The molecule has 5 N–H and O–H groups in total. The molecular weight excluding hydrogens is 564 g/mol. The lowest BCUT2D eigenvalue weighted by molar-refractivity contribution is -0.148. The number of fused-ring (bicyclic) bond motifs is 1. The van der Waals surface area contributed by atoms with Crippen molar-refractivity contribution in [2.24, 2.45) is 0 Å². The number of esters is 1. The summed E-state index contributed by atoms with van der Waals surface area (Å²) < 4.78 is 57.1. The average Bonchev–Trinajstić information content (AvgIpc) is 3.51. The normalized spacial score (nSPS) is 25.5. The van der Waals surface area contributed by atoms with Crippen molar-refractivity contribution in [1.29, 1.82) is 0 Å². The lowest BCUT2D eigenvalue weighted by Crippen LogP contribution is -2.49. The van der Waals surface area contributed by atoms with Gasteiger partial charge in [-0.1, -0.05) is 18.2 Å². The van der Waals surface area contributed by atoms with Crippen molar-refractivity contribution in [2.45, 2.75) is 49.9 Å². The fraction of sp³-hybridized carbons (Fsp3) is 0.480. The van der Waals surface area contributed by atoms with E-state index < -0.39 is 57.0 Å². The van der Waals surface area contributed by atoms with Crippen molar-refractivity contribution in [3.05, 3.63) is 54.5 Å². The van der Waals surface area contributed by atoms with Gasteiger partial charge in [-0.15, -0.1) is 0 Å². The Hall–Kier alpha value is -3.17. The van der Waals surface area contributed by atoms with E-state index >= 15 is 0 Å². The highest BCUT2D eigenvalue weighted by Crippen LogP contribution is 2.48. The lowest BCUT2D eigenvalue weighted by Gasteiger charge is -2.31. The zero-order chi connectivity index (χ0) is 29.8. The zero-order valence-electron chi connectivity index (χ0n) is 22.6. The number of aromatic nitrogens is 3. The van der Waals surface area contributed by atoms with E-state index in [2.05, 4.69) is 15.2 Å². The van der Waals surface area contributed by atoms with Crippen LogP contribution < -0.4 is 15.3 Å². The standard InChI is InChI=1S/C25H33FN5O9P/c1-15(36-3)11-37-24(34)16(2)30-41(35,40-17-7-5-4-6-8-17)38-13-25(12-26)22(33)20(32)21(39-25)18-9-10-19-23(27)28-14-29-31(18)19/h4-10,14-16,20-22,32-33H,11-13H2,1-3H3,(H,30,35)(H2,27,28,29)/t15-,16-,20-,21-,22-,25+,41?/m0/s1. The van der Waals surface area contributed by atoms with E-state index in [1.165, 1.54) is 37.0 Å². The Morgan fingerprint density at radius 2 is 2.00 bits per heavy atom. The van der Waals surface area contributed by atoms with Crippen LogP contribution in [0.2, 0.25) is 0 Å². The Kier molecular flexibility index (Phi) is 9.59. The highest BCUT2D eigenvalue weighted by atomic mass is 31.2. The quantitative estimate of drug-likeness (QED) is 0.164. The number of nitrogens with one attached hydrogen (secondary N) is 1. The molecule has 0 spiro atoms. The van der Waals surface area contributed by atoms with Crippen molar-refractivity contribution < 1.29 is 47.2 Å². The van der Waals surface area contributed by atoms with Crippen LogP contribution >= 0.6 is 7.75 Å². The van der Waals surface area contributed by atoms with Crippen LogP contribution in [0, 0.1) is 0 Å². The number of hydrogen-bond donors (Lipinski definition) is 4. The molecule has 224 valence electrons. The number of nitrogens with zero attached hydrogens (tertiary/aromatic N) is 3. The number of nitrogen functional groups attached to an aromatic ring is 1. The highest BCUT2D eigenvalue weighted by Gasteiger charge is 2.57. The van der Waals surface area contributed by atoms with Gasteiger partial charge in [0.25, 0.3) is 0 Å². The van der Waals surface area contributed by atoms with Crippen LogP contribution in [-0.2, 0) is 28.1 Å². The number of aliphatic hydroxyl groups excluding tert-OH is 2. The molecule has 1 unspecified atom stereocenters. The topological polar surface area (TPSA) is 189 Å². The average molecular weight is 598 g/mol. The summed E-state index contributed by atoms with van der Waals surface area (Å²) >= 11 is 0. The Bertz CT molecular complexity index is 1380. The van der Waals surface area contributed by atoms with Gasteiger partial charge in [0.15, 0.2) is 5.82 Å². The molecule has 3 heterocycles. The van der Waals surface area contributed by atoms with Crippen molar-refractivity contribution >= 4 is 25.1 Å². The molecule has 1 aliphatic rings. The molecule has 3 aromatic rings. The van der Waals surface area contributed by atoms with Gasteiger partial charge >= 0.3 is 13.7 Å². The first-order valence-electron chi connectivity index (χ1n) is 12.7. The first-order valence-corrected chi connectivity index (χ1v) is 14.2. The SMILES string of the molecule is CO[C@@H](C)COC(=O)[C@H](C)NP(=O)(OC[C@@]1(CF)O[C@@H](c2ccc3c(N)ncnn23)[C@H](O)[C@@H]1O)Oc1ccccc1. The number of hydrogen-bond acceptors (Lipinski definition) is 12. The molecule has 1 saturated heterocycles. The van der Waals surface area contributed by atoms with Crippen molar-refractivity contribution in [3.63, 3.8) is 0 Å². The van der Waals surface area contributed by atoms with E-state index in [0.29, 0.717) is 5.52 Å². The summed E-state index contributed by atoms with van der Waals surface area (Å²) in [4.78, 5) is 16.4. The van der Waals surface area contributed by atoms with Gasteiger partial charge in [-0.3, -0.25) is 9.32 Å². The number of para-hydroxylation sites is 1. The predicted molar refractivity (Wildman–Crippen MR) is 143 cm³/mol. The summed E-state index contributed by atoms with van der Waals surface area (Å²) in [7, 11) is -2.99. The van der Waals surface area contributed by atoms with Crippen LogP contribution in [0.1, 0.15) is 25.6 Å². The van der Waals surface area contributed by atoms with Crippen LogP contribution in [0.5, 0.6) is 5.75 Å². The number of alkyl halides is 1. The third-order valence-corrected chi connectivity index (χ3v) is 8.20. The zero-order valence-corrected chi connectivity index (χ0v) is 23.5. The largest absolute Gasteiger partial charge is 0.462 e. The van der Waals surface area contributed by atoms with Crippen LogP contribution in [0.25, 0.3) is 5.52 Å². The van der Waals surface area contributed by atoms with E-state index in [4.69, 9.17) is 29.0 Å². The Balaban J connectivity index is 1.55. The molecule has 7 atom stereocenters. The predicted octanol–water partition coefficient (Wildman–Crippen LogP) is 1.57. The molecule has 1 fully saturated rings. The summed E-state index contributed by atoms with van der Waals surface area (Å²) in [6.07, 6.45) is -3.88. The second-order valence-electron chi connectivity index (χ2n) is 9.58. The fourth-order valence-electron chi connectivity index (χ4n) is 4.15. The van der Waals surface area contributed by atoms with Gasteiger partial charge in [-0.05, 0) is 38.1 Å². The van der Waals surface area contributed by atoms with E-state index in [1.54, 1.807) is 37.3 Å². The monoisotopic (exact) mass is 597 g/mol. The second-order valence-corrected chi connectivity index (χ2v) is 11.3. The number of halogens is 1. The van der Waals surface area contributed by atoms with Crippen molar-refractivity contribution in [2.75, 3.05) is 32.7 Å². The van der Waals surface area contributed by atoms with Crippen LogP contribution in [-0.4, -0.2) is 87.7 Å². The first-order chi connectivity index (χ1) is 19.5. The van der Waals surface area contributed by atoms with E-state index in [-0.39, 0.29) is 30.0 Å². The van der Waals surface area contributed by atoms with Crippen LogP contribution in [0.4, 0.5) is 10.2 Å². The Labute approximate surface area is 235 Å². The van der Waals surface area contributed by atoms with Crippen LogP contribution in [0.15, 0.2) is 48.8 Å². The number of ether oxygens (including phenoxy) is 3. The minimum atomic E-state index is -4.45. The number of carbonyl (C=O) groups excluding carboxylic acids is 1. The van der Waals surface area contributed by atoms with E-state index in [9.17, 15) is 24.0 Å². The number of aliphatic hydroxyl groups is 2. The number of nitrogens with two attached hydrogens (primary N) is 1. The molecule has 2 aromatic heterocycles. The minimum Gasteiger partial charge on any atom is -0.462 e. The Morgan fingerprint density at radius 3 is 2.68 bits per heavy atom. The van der Waals surface area contributed by atoms with Crippen molar-refractivity contribution in [1.82, 2.24) is 19.7 Å². The number of anilines is 1. The first kappa shape index (κ1) is 30.8. The molecule has 0 bridgehead atoms. The molecule has 1 aromatic carbocycles. The van der Waals surface area contributed by atoms with Gasteiger partial charge < -0.3 is 34.7 Å². The fourth-order valence-corrected chi connectivity index (χ4v) is 5.70. The van der Waals surface area contributed by atoms with Gasteiger partial charge in [-0.25, -0.2) is 18.5 Å². The molecular formula is C25H33FN5O9P. The van der Waals surface area contributed by atoms with Gasteiger partial charge in [0.05, 0.1) is 18.4 Å². The molecule has 41 heavy (non-hydrogen) atoms. The number of benzene rings is 1. The molecule has 14 nitrogen and oxygen atoms in total. The Morgan fingerprint density at radius 1 is 1.27 bits per heavy atom. The smallest absolute Gasteiger partial charge is 0.459 e. The molecule has 0 amide bonds. The molecule has 1 aliphatic heterocycles. The molecule has 0 aliphatic carbocycles. The number of carbonyl (C=O) groups is 1. The summed E-state index contributed by atoms with van der Waals surface area (Å²) in [5.41, 5.74) is 4.38. The number of methoxy groups -OCH3 is 1. The minimum absolute atomic E-state index is 0.0543. The summed E-state index contributed by atoms with van der Waals surface area (Å²) in [5, 5.41) is 28.3. The van der Waals surface area contributed by atoms with Crippen molar-refractivity contribution in [3.8, 4) is 5.75 Å². The lowest BCUT2D eigenvalue weighted by atomic mass is 9.96. The van der Waals surface area contributed by atoms with Gasteiger partial charge in [-0.2, -0.15) is 10.2 Å². The third-order valence-electron chi connectivity index (χ3n) is 6.58. The maximum Gasteiger partial charge on any atom is 0.459 e. The molecule has 16 heteroatoms. The second kappa shape index (κ2) is 12.8. The van der Waals surface area contributed by atoms with Crippen LogP contribution in [0.3, 0.4) is 0 Å². The summed E-state index contributed by atoms with van der Waals surface area (Å²) in [6.45, 7) is 0.849. The van der Waals surface area contributed by atoms with E-state index in [1.807, 2.05) is 0 Å². The molecule has 0 radical (unpaired) electrons. The molecule has 0 saturated carbocycles. The number of rotatable bonds is 13.